The fourth-order valence-corrected chi connectivity index (χ4v) is 2.49. The summed E-state index contributed by atoms with van der Waals surface area (Å²) in [5.74, 6) is -0.0202. The van der Waals surface area contributed by atoms with E-state index in [2.05, 4.69) is 29.6 Å². The van der Waals surface area contributed by atoms with E-state index in [9.17, 15) is 4.79 Å². The standard InChI is InChI=1S/C14H24N4O2/c1-9(2)18-11(4)14(10(3)17-18)16-13(19)7-12-8-15-5-6-20-12/h9,12,15H,5-8H2,1-4H3,(H,16,19). The molecule has 0 bridgehead atoms. The highest BCUT2D eigenvalue weighted by Gasteiger charge is 2.20. The topological polar surface area (TPSA) is 68.2 Å². The molecule has 6 nitrogen and oxygen atoms in total. The Hall–Kier alpha value is -1.40. The van der Waals surface area contributed by atoms with Crippen LogP contribution in [0, 0.1) is 13.8 Å². The molecule has 0 radical (unpaired) electrons. The molecule has 0 spiro atoms. The molecule has 6 heteroatoms. The normalized spacial score (nSPS) is 19.4. The molecule has 0 aromatic carbocycles. The van der Waals surface area contributed by atoms with E-state index < -0.39 is 0 Å². The van der Waals surface area contributed by atoms with Gasteiger partial charge in [-0.1, -0.05) is 0 Å². The third-order valence-corrected chi connectivity index (χ3v) is 3.50. The second-order valence-electron chi connectivity index (χ2n) is 5.53. The van der Waals surface area contributed by atoms with Crippen LogP contribution in [0.2, 0.25) is 0 Å². The maximum atomic E-state index is 12.1. The number of nitrogens with zero attached hydrogens (tertiary/aromatic N) is 2. The molecule has 1 unspecified atom stereocenters. The van der Waals surface area contributed by atoms with E-state index in [-0.39, 0.29) is 18.1 Å². The first-order valence-electron chi connectivity index (χ1n) is 7.17. The van der Waals surface area contributed by atoms with Crippen molar-refractivity contribution in [3.63, 3.8) is 0 Å². The molecule has 0 saturated carbocycles. The lowest BCUT2D eigenvalue weighted by molar-refractivity contribution is -0.119. The minimum Gasteiger partial charge on any atom is -0.375 e. The highest BCUT2D eigenvalue weighted by Crippen LogP contribution is 2.22. The van der Waals surface area contributed by atoms with E-state index >= 15 is 0 Å². The van der Waals surface area contributed by atoms with Crippen LogP contribution in [0.1, 0.15) is 37.7 Å². The summed E-state index contributed by atoms with van der Waals surface area (Å²) in [5.41, 5.74) is 2.67. The number of hydrogen-bond acceptors (Lipinski definition) is 4. The van der Waals surface area contributed by atoms with Gasteiger partial charge in [-0.2, -0.15) is 5.10 Å². The van der Waals surface area contributed by atoms with Gasteiger partial charge >= 0.3 is 0 Å². The zero-order valence-electron chi connectivity index (χ0n) is 12.7. The number of nitrogens with one attached hydrogen (secondary N) is 2. The van der Waals surface area contributed by atoms with Crippen LogP contribution in [0.25, 0.3) is 0 Å². The van der Waals surface area contributed by atoms with Gasteiger partial charge in [0.15, 0.2) is 0 Å². The molecule has 2 heterocycles. The van der Waals surface area contributed by atoms with Crippen molar-refractivity contribution in [2.24, 2.45) is 0 Å². The van der Waals surface area contributed by atoms with Crippen molar-refractivity contribution in [3.05, 3.63) is 11.4 Å². The monoisotopic (exact) mass is 280 g/mol. The summed E-state index contributed by atoms with van der Waals surface area (Å²) in [6.07, 6.45) is 0.336. The van der Waals surface area contributed by atoms with Crippen LogP contribution in [0.15, 0.2) is 0 Å². The van der Waals surface area contributed by atoms with Crippen LogP contribution in [0.3, 0.4) is 0 Å². The Labute approximate surface area is 119 Å². The summed E-state index contributed by atoms with van der Waals surface area (Å²) < 4.78 is 7.48. The second kappa shape index (κ2) is 6.37. The van der Waals surface area contributed by atoms with E-state index in [1.54, 1.807) is 0 Å². The lowest BCUT2D eigenvalue weighted by atomic mass is 10.2. The van der Waals surface area contributed by atoms with Crippen molar-refractivity contribution < 1.29 is 9.53 Å². The molecule has 2 rings (SSSR count). The summed E-state index contributed by atoms with van der Waals surface area (Å²) in [5, 5.41) is 10.7. The molecule has 2 N–H and O–H groups in total. The van der Waals surface area contributed by atoms with Crippen LogP contribution in [0.5, 0.6) is 0 Å². The van der Waals surface area contributed by atoms with Crippen molar-refractivity contribution in [3.8, 4) is 0 Å². The molecular weight excluding hydrogens is 256 g/mol. The van der Waals surface area contributed by atoms with Crippen molar-refractivity contribution in [2.75, 3.05) is 25.0 Å². The molecule has 20 heavy (non-hydrogen) atoms. The Morgan fingerprint density at radius 1 is 1.55 bits per heavy atom. The van der Waals surface area contributed by atoms with E-state index in [1.807, 2.05) is 18.5 Å². The number of anilines is 1. The fraction of sp³-hybridized carbons (Fsp3) is 0.714. The predicted octanol–water partition coefficient (Wildman–Crippen LogP) is 1.40. The summed E-state index contributed by atoms with van der Waals surface area (Å²) in [4.78, 5) is 12.1. The first-order valence-corrected chi connectivity index (χ1v) is 7.17. The summed E-state index contributed by atoms with van der Waals surface area (Å²) in [6, 6.07) is 0.283. The third-order valence-electron chi connectivity index (χ3n) is 3.50. The molecule has 1 aromatic rings. The molecule has 1 aliphatic heterocycles. The molecule has 1 atom stereocenters. The highest BCUT2D eigenvalue weighted by atomic mass is 16.5. The van der Waals surface area contributed by atoms with Gasteiger partial charge in [0.05, 0.1) is 36.2 Å². The molecule has 1 fully saturated rings. The van der Waals surface area contributed by atoms with Gasteiger partial charge in [-0.15, -0.1) is 0 Å². The predicted molar refractivity (Wildman–Crippen MR) is 77.9 cm³/mol. The first-order chi connectivity index (χ1) is 9.49. The number of morpholine rings is 1. The first kappa shape index (κ1) is 15.0. The van der Waals surface area contributed by atoms with E-state index in [0.29, 0.717) is 13.0 Å². The zero-order chi connectivity index (χ0) is 14.7. The maximum absolute atomic E-state index is 12.1. The Balaban J connectivity index is 2.00. The van der Waals surface area contributed by atoms with Crippen molar-refractivity contribution in [1.82, 2.24) is 15.1 Å². The van der Waals surface area contributed by atoms with Crippen molar-refractivity contribution in [1.29, 1.82) is 0 Å². The number of carbonyl (C=O) groups excluding carboxylic acids is 1. The van der Waals surface area contributed by atoms with Crippen LogP contribution in [-0.2, 0) is 9.53 Å². The van der Waals surface area contributed by atoms with Gasteiger partial charge in [-0.05, 0) is 27.7 Å². The number of aromatic nitrogens is 2. The van der Waals surface area contributed by atoms with Crippen molar-refractivity contribution >= 4 is 11.6 Å². The van der Waals surface area contributed by atoms with Crippen molar-refractivity contribution in [2.45, 2.75) is 46.3 Å². The van der Waals surface area contributed by atoms with Gasteiger partial charge in [0.1, 0.15) is 0 Å². The fourth-order valence-electron chi connectivity index (χ4n) is 2.49. The number of rotatable bonds is 4. The molecule has 112 valence electrons. The number of ether oxygens (including phenoxy) is 1. The van der Waals surface area contributed by atoms with Crippen LogP contribution < -0.4 is 10.6 Å². The van der Waals surface area contributed by atoms with Crippen LogP contribution >= 0.6 is 0 Å². The summed E-state index contributed by atoms with van der Waals surface area (Å²) in [6.45, 7) is 10.3. The Kier molecular flexibility index (Phi) is 4.77. The van der Waals surface area contributed by atoms with Gasteiger partial charge in [0.25, 0.3) is 0 Å². The lowest BCUT2D eigenvalue weighted by Crippen LogP contribution is -2.40. The average molecular weight is 280 g/mol. The Morgan fingerprint density at radius 2 is 2.30 bits per heavy atom. The van der Waals surface area contributed by atoms with Crippen LogP contribution in [0.4, 0.5) is 5.69 Å². The second-order valence-corrected chi connectivity index (χ2v) is 5.53. The number of aryl methyl sites for hydroxylation is 1. The molecule has 1 aromatic heterocycles. The lowest BCUT2D eigenvalue weighted by Gasteiger charge is -2.23. The zero-order valence-corrected chi connectivity index (χ0v) is 12.7. The quantitative estimate of drug-likeness (QED) is 0.875. The minimum atomic E-state index is -0.0375. The average Bonchev–Trinajstić information content (AvgIpc) is 2.68. The summed E-state index contributed by atoms with van der Waals surface area (Å²) >= 11 is 0. The molecule has 0 aliphatic carbocycles. The van der Waals surface area contributed by atoms with E-state index in [1.165, 1.54) is 0 Å². The van der Waals surface area contributed by atoms with E-state index in [0.717, 1.165) is 30.2 Å². The SMILES string of the molecule is Cc1nn(C(C)C)c(C)c1NC(=O)CC1CNCCO1. The maximum Gasteiger partial charge on any atom is 0.227 e. The van der Waals surface area contributed by atoms with Gasteiger partial charge < -0.3 is 15.4 Å². The smallest absolute Gasteiger partial charge is 0.227 e. The Morgan fingerprint density at radius 3 is 2.85 bits per heavy atom. The number of hydrogen-bond donors (Lipinski definition) is 2. The third kappa shape index (κ3) is 3.37. The van der Waals surface area contributed by atoms with Gasteiger partial charge in [0.2, 0.25) is 5.91 Å². The molecular formula is C14H24N4O2. The largest absolute Gasteiger partial charge is 0.375 e. The van der Waals surface area contributed by atoms with Gasteiger partial charge in [-0.25, -0.2) is 0 Å². The molecule has 1 amide bonds. The Bertz CT molecular complexity index is 476. The minimum absolute atomic E-state index is 0.0202. The van der Waals surface area contributed by atoms with E-state index in [4.69, 9.17) is 4.74 Å². The number of carbonyl (C=O) groups is 1. The highest BCUT2D eigenvalue weighted by molar-refractivity contribution is 5.92. The van der Waals surface area contributed by atoms with Gasteiger partial charge in [-0.3, -0.25) is 9.48 Å². The van der Waals surface area contributed by atoms with Crippen LogP contribution in [-0.4, -0.2) is 41.5 Å². The van der Waals surface area contributed by atoms with Gasteiger partial charge in [0, 0.05) is 19.1 Å². The summed E-state index contributed by atoms with van der Waals surface area (Å²) in [7, 11) is 0. The molecule has 1 aliphatic rings. The number of amides is 1. The molecule has 1 saturated heterocycles.